The molecule has 1 amide bonds. The standard InChI is InChI=1S/C15H13Cl2NO2S/c1-9(21-12-5-2-10(16)3-6-12)15(20)18-13-8-11(17)4-7-14(13)19/h2-9,19H,1H3,(H,18,20). The summed E-state index contributed by atoms with van der Waals surface area (Å²) in [5.74, 6) is -0.232. The molecule has 0 aromatic heterocycles. The highest BCUT2D eigenvalue weighted by Crippen LogP contribution is 2.29. The number of halogens is 2. The van der Waals surface area contributed by atoms with Gasteiger partial charge in [0.25, 0.3) is 0 Å². The first kappa shape index (κ1) is 16.0. The molecule has 21 heavy (non-hydrogen) atoms. The Balaban J connectivity index is 2.02. The zero-order valence-electron chi connectivity index (χ0n) is 11.1. The fourth-order valence-electron chi connectivity index (χ4n) is 1.61. The molecular weight excluding hydrogens is 329 g/mol. The lowest BCUT2D eigenvalue weighted by molar-refractivity contribution is -0.115. The molecule has 0 radical (unpaired) electrons. The Hall–Kier alpha value is -1.36. The first-order valence-corrected chi connectivity index (χ1v) is 7.81. The van der Waals surface area contributed by atoms with Crippen LogP contribution in [0.2, 0.25) is 10.0 Å². The second-order valence-electron chi connectivity index (χ2n) is 4.36. The molecule has 0 spiro atoms. The van der Waals surface area contributed by atoms with Gasteiger partial charge in [0.15, 0.2) is 0 Å². The quantitative estimate of drug-likeness (QED) is 0.619. The van der Waals surface area contributed by atoms with Gasteiger partial charge in [-0.05, 0) is 49.4 Å². The number of nitrogens with one attached hydrogen (secondary N) is 1. The van der Waals surface area contributed by atoms with Crippen molar-refractivity contribution in [2.45, 2.75) is 17.1 Å². The van der Waals surface area contributed by atoms with Gasteiger partial charge in [0.2, 0.25) is 5.91 Å². The maximum atomic E-state index is 12.1. The Morgan fingerprint density at radius 1 is 1.14 bits per heavy atom. The highest BCUT2D eigenvalue weighted by molar-refractivity contribution is 8.00. The van der Waals surface area contributed by atoms with E-state index in [2.05, 4.69) is 5.32 Å². The number of carbonyl (C=O) groups is 1. The summed E-state index contributed by atoms with van der Waals surface area (Å²) in [6.45, 7) is 1.79. The van der Waals surface area contributed by atoms with E-state index in [1.165, 1.54) is 23.9 Å². The lowest BCUT2D eigenvalue weighted by Gasteiger charge is -2.13. The second kappa shape index (κ2) is 7.07. The van der Waals surface area contributed by atoms with Gasteiger partial charge >= 0.3 is 0 Å². The summed E-state index contributed by atoms with van der Waals surface area (Å²) < 4.78 is 0. The van der Waals surface area contributed by atoms with Gasteiger partial charge in [-0.15, -0.1) is 11.8 Å². The molecule has 0 heterocycles. The van der Waals surface area contributed by atoms with Crippen LogP contribution >= 0.6 is 35.0 Å². The van der Waals surface area contributed by atoms with Crippen molar-refractivity contribution in [1.29, 1.82) is 0 Å². The number of anilines is 1. The van der Waals surface area contributed by atoms with E-state index in [1.54, 1.807) is 25.1 Å². The van der Waals surface area contributed by atoms with Crippen LogP contribution in [0.4, 0.5) is 5.69 Å². The van der Waals surface area contributed by atoms with Crippen molar-refractivity contribution < 1.29 is 9.90 Å². The third kappa shape index (κ3) is 4.56. The normalized spacial score (nSPS) is 12.0. The van der Waals surface area contributed by atoms with Gasteiger partial charge in [-0.25, -0.2) is 0 Å². The van der Waals surface area contributed by atoms with E-state index in [4.69, 9.17) is 23.2 Å². The predicted molar refractivity (Wildman–Crippen MR) is 88.5 cm³/mol. The van der Waals surface area contributed by atoms with E-state index in [9.17, 15) is 9.90 Å². The Labute approximate surface area is 137 Å². The maximum absolute atomic E-state index is 12.1. The summed E-state index contributed by atoms with van der Waals surface area (Å²) >= 11 is 13.1. The molecule has 2 aromatic rings. The van der Waals surface area contributed by atoms with Gasteiger partial charge < -0.3 is 10.4 Å². The summed E-state index contributed by atoms with van der Waals surface area (Å²) in [6.07, 6.45) is 0. The van der Waals surface area contributed by atoms with Crippen LogP contribution in [0.15, 0.2) is 47.4 Å². The first-order valence-electron chi connectivity index (χ1n) is 6.17. The average Bonchev–Trinajstić information content (AvgIpc) is 2.45. The smallest absolute Gasteiger partial charge is 0.237 e. The minimum Gasteiger partial charge on any atom is -0.506 e. The largest absolute Gasteiger partial charge is 0.506 e. The number of phenolic OH excluding ortho intramolecular Hbond substituents is 1. The van der Waals surface area contributed by atoms with Crippen LogP contribution in [-0.2, 0) is 4.79 Å². The van der Waals surface area contributed by atoms with E-state index in [1.807, 2.05) is 12.1 Å². The summed E-state index contributed by atoms with van der Waals surface area (Å²) in [5.41, 5.74) is 0.302. The van der Waals surface area contributed by atoms with Crippen molar-refractivity contribution in [3.63, 3.8) is 0 Å². The van der Waals surface area contributed by atoms with Crippen LogP contribution < -0.4 is 5.32 Å². The number of rotatable bonds is 4. The first-order chi connectivity index (χ1) is 9.95. The van der Waals surface area contributed by atoms with E-state index >= 15 is 0 Å². The van der Waals surface area contributed by atoms with Gasteiger partial charge in [0.05, 0.1) is 10.9 Å². The molecule has 110 valence electrons. The van der Waals surface area contributed by atoms with E-state index in [0.717, 1.165) is 4.90 Å². The number of benzene rings is 2. The molecular formula is C15H13Cl2NO2S. The maximum Gasteiger partial charge on any atom is 0.237 e. The Bertz CT molecular complexity index is 647. The second-order valence-corrected chi connectivity index (χ2v) is 6.65. The van der Waals surface area contributed by atoms with Gasteiger partial charge in [-0.2, -0.15) is 0 Å². The number of aromatic hydroxyl groups is 1. The molecule has 2 rings (SSSR count). The zero-order chi connectivity index (χ0) is 15.4. The van der Waals surface area contributed by atoms with Crippen LogP contribution in [0.5, 0.6) is 5.75 Å². The number of amides is 1. The van der Waals surface area contributed by atoms with Crippen LogP contribution in [-0.4, -0.2) is 16.3 Å². The van der Waals surface area contributed by atoms with Crippen molar-refractivity contribution >= 4 is 46.6 Å². The predicted octanol–water partition coefficient (Wildman–Crippen LogP) is 4.82. The lowest BCUT2D eigenvalue weighted by Crippen LogP contribution is -2.22. The van der Waals surface area contributed by atoms with Gasteiger partial charge in [-0.3, -0.25) is 4.79 Å². The van der Waals surface area contributed by atoms with E-state index in [-0.39, 0.29) is 16.9 Å². The van der Waals surface area contributed by atoms with Gasteiger partial charge in [0, 0.05) is 14.9 Å². The zero-order valence-corrected chi connectivity index (χ0v) is 13.5. The number of thioether (sulfide) groups is 1. The monoisotopic (exact) mass is 341 g/mol. The molecule has 0 bridgehead atoms. The van der Waals surface area contributed by atoms with Crippen molar-refractivity contribution in [3.05, 3.63) is 52.5 Å². The highest BCUT2D eigenvalue weighted by Gasteiger charge is 2.16. The van der Waals surface area contributed by atoms with Crippen molar-refractivity contribution in [2.75, 3.05) is 5.32 Å². The number of phenols is 1. The molecule has 0 saturated heterocycles. The van der Waals surface area contributed by atoms with Gasteiger partial charge in [0.1, 0.15) is 5.75 Å². The highest BCUT2D eigenvalue weighted by atomic mass is 35.5. The van der Waals surface area contributed by atoms with Crippen LogP contribution in [0, 0.1) is 0 Å². The van der Waals surface area contributed by atoms with Crippen molar-refractivity contribution in [2.24, 2.45) is 0 Å². The molecule has 6 heteroatoms. The Kier molecular flexibility index (Phi) is 5.39. The summed E-state index contributed by atoms with van der Waals surface area (Å²) in [4.78, 5) is 13.1. The fourth-order valence-corrected chi connectivity index (χ4v) is 2.78. The molecule has 2 N–H and O–H groups in total. The Morgan fingerprint density at radius 3 is 2.43 bits per heavy atom. The fraction of sp³-hybridized carbons (Fsp3) is 0.133. The molecule has 1 atom stereocenters. The lowest BCUT2D eigenvalue weighted by atomic mass is 10.3. The molecule has 1 unspecified atom stereocenters. The number of carbonyl (C=O) groups excluding carboxylic acids is 1. The molecule has 0 aliphatic heterocycles. The number of hydrogen-bond donors (Lipinski definition) is 2. The summed E-state index contributed by atoms with van der Waals surface area (Å²) in [7, 11) is 0. The van der Waals surface area contributed by atoms with Gasteiger partial charge in [-0.1, -0.05) is 23.2 Å². The minimum atomic E-state index is -0.329. The van der Waals surface area contributed by atoms with Crippen LogP contribution in [0.25, 0.3) is 0 Å². The van der Waals surface area contributed by atoms with Crippen molar-refractivity contribution in [3.8, 4) is 5.75 Å². The molecule has 0 aliphatic rings. The average molecular weight is 342 g/mol. The SMILES string of the molecule is CC(Sc1ccc(Cl)cc1)C(=O)Nc1cc(Cl)ccc1O. The van der Waals surface area contributed by atoms with Crippen molar-refractivity contribution in [1.82, 2.24) is 0 Å². The molecule has 0 aliphatic carbocycles. The number of hydrogen-bond acceptors (Lipinski definition) is 3. The third-order valence-electron chi connectivity index (χ3n) is 2.71. The summed E-state index contributed by atoms with van der Waals surface area (Å²) in [6, 6.07) is 11.8. The van der Waals surface area contributed by atoms with E-state index < -0.39 is 0 Å². The Morgan fingerprint density at radius 2 is 1.76 bits per heavy atom. The molecule has 0 fully saturated rings. The molecule has 2 aromatic carbocycles. The minimum absolute atomic E-state index is 0.0172. The summed E-state index contributed by atoms with van der Waals surface area (Å²) in [5, 5.41) is 13.1. The topological polar surface area (TPSA) is 49.3 Å². The van der Waals surface area contributed by atoms with Crippen LogP contribution in [0.1, 0.15) is 6.92 Å². The molecule has 3 nitrogen and oxygen atoms in total. The van der Waals surface area contributed by atoms with E-state index in [0.29, 0.717) is 15.7 Å². The van der Waals surface area contributed by atoms with Crippen LogP contribution in [0.3, 0.4) is 0 Å². The third-order valence-corrected chi connectivity index (χ3v) is 4.31. The molecule has 0 saturated carbocycles.